The van der Waals surface area contributed by atoms with Crippen LogP contribution in [0.1, 0.15) is 17.3 Å². The minimum Gasteiger partial charge on any atom is -0.493 e. The van der Waals surface area contributed by atoms with Crippen LogP contribution in [0.25, 0.3) is 11.3 Å². The number of aromatic nitrogens is 3. The Morgan fingerprint density at radius 3 is 2.62 bits per heavy atom. The first kappa shape index (κ1) is 15.7. The van der Waals surface area contributed by atoms with E-state index in [0.29, 0.717) is 17.9 Å². The molecule has 6 heteroatoms. The third-order valence-electron chi connectivity index (χ3n) is 3.58. The SMILES string of the molecule is CCOc1ccc(NC(=O)c2ccncc2)cc1-c1ccnn1C. The van der Waals surface area contributed by atoms with Crippen LogP contribution in [0.2, 0.25) is 0 Å². The maximum Gasteiger partial charge on any atom is 0.255 e. The molecule has 0 bridgehead atoms. The molecule has 0 aliphatic rings. The first-order valence-electron chi connectivity index (χ1n) is 7.65. The van der Waals surface area contributed by atoms with Gasteiger partial charge in [0.2, 0.25) is 0 Å². The summed E-state index contributed by atoms with van der Waals surface area (Å²) in [6.07, 6.45) is 4.91. The van der Waals surface area contributed by atoms with Gasteiger partial charge in [-0.2, -0.15) is 5.10 Å². The molecular formula is C18H18N4O2. The fourth-order valence-corrected chi connectivity index (χ4v) is 2.43. The third kappa shape index (κ3) is 3.27. The van der Waals surface area contributed by atoms with E-state index in [1.54, 1.807) is 35.4 Å². The number of rotatable bonds is 5. The Balaban J connectivity index is 1.93. The second-order valence-electron chi connectivity index (χ2n) is 5.17. The van der Waals surface area contributed by atoms with Crippen LogP contribution in [0, 0.1) is 0 Å². The van der Waals surface area contributed by atoms with E-state index >= 15 is 0 Å². The molecular weight excluding hydrogens is 304 g/mol. The summed E-state index contributed by atoms with van der Waals surface area (Å²) in [5, 5.41) is 7.10. The molecule has 2 heterocycles. The second kappa shape index (κ2) is 6.95. The van der Waals surface area contributed by atoms with Gasteiger partial charge in [0, 0.05) is 42.5 Å². The van der Waals surface area contributed by atoms with Crippen molar-refractivity contribution >= 4 is 11.6 Å². The topological polar surface area (TPSA) is 69.0 Å². The van der Waals surface area contributed by atoms with Gasteiger partial charge in [0.1, 0.15) is 5.75 Å². The molecule has 0 unspecified atom stereocenters. The number of benzene rings is 1. The summed E-state index contributed by atoms with van der Waals surface area (Å²) in [5.74, 6) is 0.570. The van der Waals surface area contributed by atoms with Crippen LogP contribution in [0.4, 0.5) is 5.69 Å². The van der Waals surface area contributed by atoms with Crippen molar-refractivity contribution in [3.8, 4) is 17.0 Å². The van der Waals surface area contributed by atoms with Crippen molar-refractivity contribution in [1.29, 1.82) is 0 Å². The molecule has 2 aromatic heterocycles. The zero-order valence-corrected chi connectivity index (χ0v) is 13.6. The monoisotopic (exact) mass is 322 g/mol. The van der Waals surface area contributed by atoms with E-state index in [0.717, 1.165) is 17.0 Å². The van der Waals surface area contributed by atoms with E-state index in [1.165, 1.54) is 0 Å². The molecule has 6 nitrogen and oxygen atoms in total. The maximum atomic E-state index is 12.3. The standard InChI is InChI=1S/C18H18N4O2/c1-3-24-17-5-4-14(12-15(17)16-8-11-20-22(16)2)21-18(23)13-6-9-19-10-7-13/h4-12H,3H2,1-2H3,(H,21,23). The number of hydrogen-bond acceptors (Lipinski definition) is 4. The zero-order valence-electron chi connectivity index (χ0n) is 13.6. The molecule has 1 amide bonds. The second-order valence-corrected chi connectivity index (χ2v) is 5.17. The molecule has 1 N–H and O–H groups in total. The van der Waals surface area contributed by atoms with E-state index < -0.39 is 0 Å². The average molecular weight is 322 g/mol. The maximum absolute atomic E-state index is 12.3. The summed E-state index contributed by atoms with van der Waals surface area (Å²) in [6.45, 7) is 2.50. The van der Waals surface area contributed by atoms with Gasteiger partial charge < -0.3 is 10.1 Å². The molecule has 122 valence electrons. The Hall–Kier alpha value is -3.15. The van der Waals surface area contributed by atoms with Gasteiger partial charge in [0.15, 0.2) is 0 Å². The average Bonchev–Trinajstić information content (AvgIpc) is 3.03. The van der Waals surface area contributed by atoms with Crippen LogP contribution >= 0.6 is 0 Å². The normalized spacial score (nSPS) is 10.4. The van der Waals surface area contributed by atoms with Crippen LogP contribution < -0.4 is 10.1 Å². The molecule has 0 aliphatic carbocycles. The van der Waals surface area contributed by atoms with E-state index in [4.69, 9.17) is 4.74 Å². The number of carbonyl (C=O) groups excluding carboxylic acids is 1. The summed E-state index contributed by atoms with van der Waals surface area (Å²) < 4.78 is 7.47. The summed E-state index contributed by atoms with van der Waals surface area (Å²) in [6, 6.07) is 10.8. The highest BCUT2D eigenvalue weighted by molar-refractivity contribution is 6.04. The predicted molar refractivity (Wildman–Crippen MR) is 92.0 cm³/mol. The number of hydrogen-bond donors (Lipinski definition) is 1. The van der Waals surface area contributed by atoms with Gasteiger partial charge in [-0.25, -0.2) is 0 Å². The summed E-state index contributed by atoms with van der Waals surface area (Å²) in [5.41, 5.74) is 3.04. The molecule has 0 atom stereocenters. The first-order chi connectivity index (χ1) is 11.7. The van der Waals surface area contributed by atoms with Crippen molar-refractivity contribution in [3.63, 3.8) is 0 Å². The minimum absolute atomic E-state index is 0.183. The Bertz CT molecular complexity index is 843. The van der Waals surface area contributed by atoms with Gasteiger partial charge in [-0.05, 0) is 43.3 Å². The molecule has 0 spiro atoms. The van der Waals surface area contributed by atoms with Crippen LogP contribution in [-0.4, -0.2) is 27.3 Å². The van der Waals surface area contributed by atoms with Gasteiger partial charge in [-0.3, -0.25) is 14.5 Å². The Morgan fingerprint density at radius 1 is 1.17 bits per heavy atom. The highest BCUT2D eigenvalue weighted by atomic mass is 16.5. The van der Waals surface area contributed by atoms with E-state index in [2.05, 4.69) is 15.4 Å². The van der Waals surface area contributed by atoms with Crippen molar-refractivity contribution in [1.82, 2.24) is 14.8 Å². The summed E-state index contributed by atoms with van der Waals surface area (Å²) in [7, 11) is 1.87. The van der Waals surface area contributed by atoms with E-state index in [-0.39, 0.29) is 5.91 Å². The van der Waals surface area contributed by atoms with Gasteiger partial charge in [0.25, 0.3) is 5.91 Å². The van der Waals surface area contributed by atoms with Crippen LogP contribution in [0.15, 0.2) is 55.0 Å². The lowest BCUT2D eigenvalue weighted by Crippen LogP contribution is -2.12. The lowest BCUT2D eigenvalue weighted by molar-refractivity contribution is 0.102. The Kier molecular flexibility index (Phi) is 4.56. The predicted octanol–water partition coefficient (Wildman–Crippen LogP) is 3.13. The van der Waals surface area contributed by atoms with Crippen molar-refractivity contribution < 1.29 is 9.53 Å². The number of anilines is 1. The number of aryl methyl sites for hydroxylation is 1. The number of pyridine rings is 1. The van der Waals surface area contributed by atoms with E-state index in [1.807, 2.05) is 38.2 Å². The highest BCUT2D eigenvalue weighted by Gasteiger charge is 2.13. The van der Waals surface area contributed by atoms with Crippen molar-refractivity contribution in [2.45, 2.75) is 6.92 Å². The first-order valence-corrected chi connectivity index (χ1v) is 7.65. The molecule has 0 saturated carbocycles. The fourth-order valence-electron chi connectivity index (χ4n) is 2.43. The van der Waals surface area contributed by atoms with Crippen molar-refractivity contribution in [2.75, 3.05) is 11.9 Å². The largest absolute Gasteiger partial charge is 0.493 e. The smallest absolute Gasteiger partial charge is 0.255 e. The van der Waals surface area contributed by atoms with Gasteiger partial charge in [-0.15, -0.1) is 0 Å². The molecule has 0 saturated heterocycles. The third-order valence-corrected chi connectivity index (χ3v) is 3.58. The number of amides is 1. The number of nitrogens with zero attached hydrogens (tertiary/aromatic N) is 3. The fraction of sp³-hybridized carbons (Fsp3) is 0.167. The molecule has 1 aromatic carbocycles. The molecule has 3 rings (SSSR count). The van der Waals surface area contributed by atoms with Gasteiger partial charge in [0.05, 0.1) is 12.3 Å². The summed E-state index contributed by atoms with van der Waals surface area (Å²) in [4.78, 5) is 16.2. The van der Waals surface area contributed by atoms with Gasteiger partial charge >= 0.3 is 0 Å². The molecule has 24 heavy (non-hydrogen) atoms. The van der Waals surface area contributed by atoms with Crippen LogP contribution in [0.3, 0.4) is 0 Å². The highest BCUT2D eigenvalue weighted by Crippen LogP contribution is 2.32. The molecule has 3 aromatic rings. The molecule has 0 fully saturated rings. The quantitative estimate of drug-likeness (QED) is 0.783. The van der Waals surface area contributed by atoms with Crippen molar-refractivity contribution in [3.05, 3.63) is 60.6 Å². The lowest BCUT2D eigenvalue weighted by Gasteiger charge is -2.13. The Morgan fingerprint density at radius 2 is 1.96 bits per heavy atom. The molecule has 0 aliphatic heterocycles. The minimum atomic E-state index is -0.183. The van der Waals surface area contributed by atoms with Crippen LogP contribution in [-0.2, 0) is 7.05 Å². The Labute approximate surface area is 140 Å². The van der Waals surface area contributed by atoms with Crippen LogP contribution in [0.5, 0.6) is 5.75 Å². The lowest BCUT2D eigenvalue weighted by atomic mass is 10.1. The van der Waals surface area contributed by atoms with Crippen molar-refractivity contribution in [2.24, 2.45) is 7.05 Å². The zero-order chi connectivity index (χ0) is 16.9. The number of ether oxygens (including phenoxy) is 1. The molecule has 0 radical (unpaired) electrons. The summed E-state index contributed by atoms with van der Waals surface area (Å²) >= 11 is 0. The number of carbonyl (C=O) groups is 1. The van der Waals surface area contributed by atoms with E-state index in [9.17, 15) is 4.79 Å². The number of nitrogens with one attached hydrogen (secondary N) is 1. The van der Waals surface area contributed by atoms with Gasteiger partial charge in [-0.1, -0.05) is 0 Å².